The Hall–Kier alpha value is -2.62. The van der Waals surface area contributed by atoms with Crippen LogP contribution in [0.5, 0.6) is 0 Å². The Morgan fingerprint density at radius 1 is 1.29 bits per heavy atom. The Morgan fingerprint density at radius 3 is 2.46 bits per heavy atom. The molecule has 0 fully saturated rings. The third-order valence-corrected chi connectivity index (χ3v) is 2.90. The molecule has 0 spiro atoms. The van der Waals surface area contributed by atoms with Gasteiger partial charge in [-0.3, -0.25) is 4.84 Å². The Kier molecular flexibility index (Phi) is 5.39. The number of aromatic nitrogens is 2. The van der Waals surface area contributed by atoms with Crippen LogP contribution in [-0.2, 0) is 22.3 Å². The molecule has 0 N–H and O–H groups in total. The van der Waals surface area contributed by atoms with E-state index >= 15 is 0 Å². The van der Waals surface area contributed by atoms with E-state index in [-0.39, 0.29) is 19.0 Å². The van der Waals surface area contributed by atoms with Crippen molar-refractivity contribution < 1.29 is 32.1 Å². The van der Waals surface area contributed by atoms with Gasteiger partial charge in [0.25, 0.3) is 0 Å². The zero-order valence-electron chi connectivity index (χ0n) is 12.8. The van der Waals surface area contributed by atoms with Crippen LogP contribution < -0.4 is 0 Å². The lowest BCUT2D eigenvalue weighted by Gasteiger charge is -2.18. The molecule has 10 heteroatoms. The predicted molar refractivity (Wildman–Crippen MR) is 74.3 cm³/mol. The van der Waals surface area contributed by atoms with Crippen LogP contribution in [0, 0.1) is 0 Å². The van der Waals surface area contributed by atoms with E-state index in [0.717, 1.165) is 5.06 Å². The molecule has 130 valence electrons. The Labute approximate surface area is 134 Å². The van der Waals surface area contributed by atoms with Gasteiger partial charge in [0, 0.05) is 5.56 Å². The van der Waals surface area contributed by atoms with E-state index in [2.05, 4.69) is 14.7 Å². The first-order valence-electron chi connectivity index (χ1n) is 6.83. The van der Waals surface area contributed by atoms with Crippen molar-refractivity contribution in [2.45, 2.75) is 19.6 Å². The van der Waals surface area contributed by atoms with Gasteiger partial charge in [-0.1, -0.05) is 29.4 Å². The average molecular weight is 345 g/mol. The van der Waals surface area contributed by atoms with E-state index in [1.807, 2.05) is 0 Å². The zero-order chi connectivity index (χ0) is 17.7. The predicted octanol–water partition coefficient (Wildman–Crippen LogP) is 3.28. The molecule has 0 unspecified atom stereocenters. The molecular weight excluding hydrogens is 331 g/mol. The molecule has 0 bridgehead atoms. The summed E-state index contributed by atoms with van der Waals surface area (Å²) in [6, 6.07) is 6.23. The van der Waals surface area contributed by atoms with Crippen molar-refractivity contribution >= 4 is 6.09 Å². The maximum Gasteiger partial charge on any atom is 0.471 e. The molecule has 24 heavy (non-hydrogen) atoms. The maximum atomic E-state index is 12.4. The van der Waals surface area contributed by atoms with Crippen molar-refractivity contribution in [2.75, 3.05) is 13.7 Å². The highest BCUT2D eigenvalue weighted by Gasteiger charge is 2.38. The van der Waals surface area contributed by atoms with Crippen LogP contribution in [0.4, 0.5) is 18.0 Å². The summed E-state index contributed by atoms with van der Waals surface area (Å²) in [7, 11) is 1.32. The number of carbonyl (C=O) groups excluding carboxylic acids is 1. The van der Waals surface area contributed by atoms with Crippen molar-refractivity contribution in [1.29, 1.82) is 0 Å². The summed E-state index contributed by atoms with van der Waals surface area (Å²) >= 11 is 0. The summed E-state index contributed by atoms with van der Waals surface area (Å²) in [5.74, 6) is -1.59. The minimum absolute atomic E-state index is 0.107. The fourth-order valence-corrected chi connectivity index (χ4v) is 1.78. The molecule has 0 radical (unpaired) electrons. The average Bonchev–Trinajstić information content (AvgIpc) is 3.03. The molecule has 0 aliphatic carbocycles. The second-order valence-corrected chi connectivity index (χ2v) is 4.54. The number of nitrogens with zero attached hydrogens (tertiary/aromatic N) is 3. The number of amides is 1. The number of carbonyl (C=O) groups is 1. The molecule has 0 saturated heterocycles. The summed E-state index contributed by atoms with van der Waals surface area (Å²) < 4.78 is 46.3. The highest BCUT2D eigenvalue weighted by atomic mass is 19.4. The van der Waals surface area contributed by atoms with Gasteiger partial charge in [0.2, 0.25) is 5.82 Å². The number of ether oxygens (including phenoxy) is 1. The molecule has 0 saturated carbocycles. The first-order chi connectivity index (χ1) is 11.3. The lowest BCUT2D eigenvalue weighted by Crippen LogP contribution is -2.30. The third kappa shape index (κ3) is 4.22. The monoisotopic (exact) mass is 345 g/mol. The van der Waals surface area contributed by atoms with Crippen LogP contribution in [0.15, 0.2) is 28.8 Å². The van der Waals surface area contributed by atoms with Gasteiger partial charge in [-0.25, -0.2) is 4.79 Å². The van der Waals surface area contributed by atoms with Crippen LogP contribution in [-0.4, -0.2) is 35.0 Å². The fraction of sp³-hybridized carbons (Fsp3) is 0.357. The molecule has 0 atom stereocenters. The summed E-state index contributed by atoms with van der Waals surface area (Å²) in [6.45, 7) is 1.98. The Bertz CT molecular complexity index is 685. The number of benzene rings is 1. The summed E-state index contributed by atoms with van der Waals surface area (Å²) in [5, 5.41) is 4.31. The second kappa shape index (κ2) is 7.30. The molecule has 2 rings (SSSR count). The minimum Gasteiger partial charge on any atom is -0.448 e. The van der Waals surface area contributed by atoms with Gasteiger partial charge in [-0.05, 0) is 12.5 Å². The van der Waals surface area contributed by atoms with Gasteiger partial charge >= 0.3 is 18.2 Å². The molecule has 1 aromatic heterocycles. The highest BCUT2D eigenvalue weighted by molar-refractivity contribution is 5.66. The topological polar surface area (TPSA) is 77.7 Å². The number of hydroxylamine groups is 2. The standard InChI is InChI=1S/C14H14F3N3O4/c1-3-23-13(21)20(22-2)8-9-4-6-10(7-5-9)11-18-12(24-19-11)14(15,16)17/h4-7H,3,8H2,1-2H3. The van der Waals surface area contributed by atoms with Crippen molar-refractivity contribution in [2.24, 2.45) is 0 Å². The molecule has 0 aliphatic heterocycles. The van der Waals surface area contributed by atoms with E-state index < -0.39 is 18.2 Å². The molecule has 1 amide bonds. The molecular formula is C14H14F3N3O4. The summed E-state index contributed by atoms with van der Waals surface area (Å²) in [6.07, 6.45) is -5.33. The largest absolute Gasteiger partial charge is 0.471 e. The van der Waals surface area contributed by atoms with Crippen molar-refractivity contribution in [1.82, 2.24) is 15.2 Å². The Morgan fingerprint density at radius 2 is 1.96 bits per heavy atom. The van der Waals surface area contributed by atoms with E-state index in [4.69, 9.17) is 9.57 Å². The molecule has 2 aromatic rings. The zero-order valence-corrected chi connectivity index (χ0v) is 12.8. The van der Waals surface area contributed by atoms with Gasteiger partial charge in [0.05, 0.1) is 20.3 Å². The molecule has 7 nitrogen and oxygen atoms in total. The normalized spacial score (nSPS) is 11.4. The fourth-order valence-electron chi connectivity index (χ4n) is 1.78. The SMILES string of the molecule is CCOC(=O)N(Cc1ccc(-c2noc(C(F)(F)F)n2)cc1)OC. The number of alkyl halides is 3. The number of halogens is 3. The van der Waals surface area contributed by atoms with Crippen LogP contribution in [0.25, 0.3) is 11.4 Å². The third-order valence-electron chi connectivity index (χ3n) is 2.90. The molecule has 1 heterocycles. The van der Waals surface area contributed by atoms with Crippen LogP contribution >= 0.6 is 0 Å². The van der Waals surface area contributed by atoms with Crippen LogP contribution in [0.3, 0.4) is 0 Å². The van der Waals surface area contributed by atoms with Crippen LogP contribution in [0.2, 0.25) is 0 Å². The molecule has 1 aromatic carbocycles. The molecule has 0 aliphatic rings. The number of hydrogen-bond donors (Lipinski definition) is 0. The van der Waals surface area contributed by atoms with Crippen molar-refractivity contribution in [3.8, 4) is 11.4 Å². The van der Waals surface area contributed by atoms with E-state index in [1.165, 1.54) is 19.2 Å². The van der Waals surface area contributed by atoms with Crippen LogP contribution in [0.1, 0.15) is 18.4 Å². The van der Waals surface area contributed by atoms with E-state index in [0.29, 0.717) is 11.1 Å². The second-order valence-electron chi connectivity index (χ2n) is 4.54. The van der Waals surface area contributed by atoms with Crippen molar-refractivity contribution in [3.63, 3.8) is 0 Å². The van der Waals surface area contributed by atoms with Gasteiger partial charge in [0.1, 0.15) is 0 Å². The summed E-state index contributed by atoms with van der Waals surface area (Å²) in [5.41, 5.74) is 1.02. The first-order valence-corrected chi connectivity index (χ1v) is 6.83. The Balaban J connectivity index is 2.10. The van der Waals surface area contributed by atoms with E-state index in [9.17, 15) is 18.0 Å². The quantitative estimate of drug-likeness (QED) is 0.774. The lowest BCUT2D eigenvalue weighted by molar-refractivity contribution is -0.159. The number of hydrogen-bond acceptors (Lipinski definition) is 6. The number of rotatable bonds is 5. The first kappa shape index (κ1) is 17.7. The van der Waals surface area contributed by atoms with Crippen molar-refractivity contribution in [3.05, 3.63) is 35.7 Å². The minimum atomic E-state index is -4.69. The lowest BCUT2D eigenvalue weighted by atomic mass is 10.1. The van der Waals surface area contributed by atoms with Gasteiger partial charge in [-0.2, -0.15) is 23.2 Å². The van der Waals surface area contributed by atoms with Gasteiger partial charge in [0.15, 0.2) is 0 Å². The van der Waals surface area contributed by atoms with E-state index in [1.54, 1.807) is 19.1 Å². The summed E-state index contributed by atoms with van der Waals surface area (Å²) in [4.78, 5) is 19.8. The highest BCUT2D eigenvalue weighted by Crippen LogP contribution is 2.29. The van der Waals surface area contributed by atoms with Gasteiger partial charge in [-0.15, -0.1) is 0 Å². The maximum absolute atomic E-state index is 12.4. The smallest absolute Gasteiger partial charge is 0.448 e. The van der Waals surface area contributed by atoms with Gasteiger partial charge < -0.3 is 9.26 Å².